The summed E-state index contributed by atoms with van der Waals surface area (Å²) < 4.78 is 15.7. The minimum absolute atomic E-state index is 0.0229. The summed E-state index contributed by atoms with van der Waals surface area (Å²) in [6.07, 6.45) is 4.12. The molecule has 0 bridgehead atoms. The molecule has 1 fully saturated rings. The molecule has 1 aliphatic rings. The quantitative estimate of drug-likeness (QED) is 0.385. The molecule has 1 aromatic carbocycles. The van der Waals surface area contributed by atoms with Gasteiger partial charge in [-0.05, 0) is 23.8 Å². The van der Waals surface area contributed by atoms with E-state index in [4.69, 9.17) is 17.3 Å². The van der Waals surface area contributed by atoms with E-state index < -0.39 is 29.9 Å². The third kappa shape index (κ3) is 4.93. The van der Waals surface area contributed by atoms with Gasteiger partial charge in [0.05, 0.1) is 36.8 Å². The smallest absolute Gasteiger partial charge is 0.269 e. The van der Waals surface area contributed by atoms with Gasteiger partial charge in [-0.3, -0.25) is 24.0 Å². The lowest BCUT2D eigenvalue weighted by atomic mass is 10.0. The molecule has 3 amide bonds. The number of halogens is 2. The van der Waals surface area contributed by atoms with E-state index in [1.165, 1.54) is 23.3 Å². The van der Waals surface area contributed by atoms with E-state index >= 15 is 0 Å². The number of nitrogens with two attached hydrogens (primary N) is 1. The van der Waals surface area contributed by atoms with E-state index in [1.54, 1.807) is 30.5 Å². The fourth-order valence-corrected chi connectivity index (χ4v) is 4.41. The molecule has 1 saturated heterocycles. The van der Waals surface area contributed by atoms with E-state index in [1.807, 2.05) is 0 Å². The first kappa shape index (κ1) is 24.2. The standard InChI is InChI=1S/C23H19ClFN9O3/c24-18-8-27-9-19(30-18)31-23(37)17-6-14(25)10-33(17)20(35)11-34-16-2-1-12(13-3-4-28-29-7-13)5-15(16)21(32-34)22(26)36/h1-5,7-9,14,17H,6,10-11H2,(H2,26,36)(H,30,31,37). The Bertz CT molecular complexity index is 1510. The molecule has 37 heavy (non-hydrogen) atoms. The number of amides is 3. The predicted octanol–water partition coefficient (Wildman–Crippen LogP) is 1.61. The maximum Gasteiger partial charge on any atom is 0.269 e. The van der Waals surface area contributed by atoms with Gasteiger partial charge in [0.1, 0.15) is 23.9 Å². The van der Waals surface area contributed by atoms with E-state index in [9.17, 15) is 18.8 Å². The van der Waals surface area contributed by atoms with Gasteiger partial charge in [0.15, 0.2) is 11.5 Å². The lowest BCUT2D eigenvalue weighted by Crippen LogP contribution is -2.44. The number of nitrogens with one attached hydrogen (secondary N) is 1. The van der Waals surface area contributed by atoms with Gasteiger partial charge in [0.25, 0.3) is 5.91 Å². The van der Waals surface area contributed by atoms with E-state index in [2.05, 4.69) is 30.6 Å². The number of aromatic nitrogens is 6. The van der Waals surface area contributed by atoms with Gasteiger partial charge in [0.2, 0.25) is 11.8 Å². The van der Waals surface area contributed by atoms with E-state index in [0.717, 1.165) is 16.0 Å². The van der Waals surface area contributed by atoms with Crippen LogP contribution in [0, 0.1) is 0 Å². The number of primary amides is 1. The van der Waals surface area contributed by atoms with Gasteiger partial charge < -0.3 is 16.0 Å². The van der Waals surface area contributed by atoms with E-state index in [0.29, 0.717) is 10.9 Å². The molecule has 0 spiro atoms. The normalized spacial score (nSPS) is 17.2. The van der Waals surface area contributed by atoms with Gasteiger partial charge in [-0.2, -0.15) is 15.3 Å². The fraction of sp³-hybridized carbons (Fsp3) is 0.217. The highest BCUT2D eigenvalue weighted by Crippen LogP contribution is 2.27. The van der Waals surface area contributed by atoms with Crippen molar-refractivity contribution in [2.75, 3.05) is 11.9 Å². The first-order chi connectivity index (χ1) is 17.8. The number of rotatable bonds is 6. The molecule has 0 aliphatic carbocycles. The molecular formula is C23H19ClFN9O3. The van der Waals surface area contributed by atoms with Crippen LogP contribution in [-0.4, -0.2) is 71.3 Å². The lowest BCUT2D eigenvalue weighted by Gasteiger charge is -2.23. The number of alkyl halides is 1. The van der Waals surface area contributed by atoms with Crippen molar-refractivity contribution < 1.29 is 18.8 Å². The molecule has 5 rings (SSSR count). The van der Waals surface area contributed by atoms with Crippen LogP contribution in [0.5, 0.6) is 0 Å². The SMILES string of the molecule is NC(=O)c1nn(CC(=O)N2CC(F)CC2C(=O)Nc2cncc(Cl)n2)c2ccc(-c3ccnnc3)cc12. The highest BCUT2D eigenvalue weighted by atomic mass is 35.5. The monoisotopic (exact) mass is 523 g/mol. The molecule has 14 heteroatoms. The second-order valence-corrected chi connectivity index (χ2v) is 8.73. The molecule has 0 saturated carbocycles. The zero-order valence-electron chi connectivity index (χ0n) is 19.1. The van der Waals surface area contributed by atoms with Crippen molar-refractivity contribution >= 4 is 46.0 Å². The highest BCUT2D eigenvalue weighted by molar-refractivity contribution is 6.29. The lowest BCUT2D eigenvalue weighted by molar-refractivity contribution is -0.137. The molecule has 0 radical (unpaired) electrons. The average Bonchev–Trinajstić information content (AvgIpc) is 3.45. The van der Waals surface area contributed by atoms with Crippen LogP contribution >= 0.6 is 11.6 Å². The zero-order valence-corrected chi connectivity index (χ0v) is 19.8. The van der Waals surface area contributed by atoms with Gasteiger partial charge in [-0.15, -0.1) is 0 Å². The predicted molar refractivity (Wildman–Crippen MR) is 130 cm³/mol. The van der Waals surface area contributed by atoms with Crippen LogP contribution in [0.3, 0.4) is 0 Å². The molecule has 188 valence electrons. The molecule has 1 aliphatic heterocycles. The van der Waals surface area contributed by atoms with Crippen molar-refractivity contribution in [2.24, 2.45) is 5.73 Å². The van der Waals surface area contributed by atoms with Crippen LogP contribution in [0.4, 0.5) is 10.2 Å². The summed E-state index contributed by atoms with van der Waals surface area (Å²) >= 11 is 5.80. The van der Waals surface area contributed by atoms with Gasteiger partial charge in [0, 0.05) is 17.4 Å². The average molecular weight is 524 g/mol. The Morgan fingerprint density at radius 3 is 2.70 bits per heavy atom. The largest absolute Gasteiger partial charge is 0.364 e. The van der Waals surface area contributed by atoms with Crippen molar-refractivity contribution in [3.63, 3.8) is 0 Å². The fourth-order valence-electron chi connectivity index (χ4n) is 4.26. The Labute approximate surface area is 213 Å². The number of benzene rings is 1. The third-order valence-corrected chi connectivity index (χ3v) is 6.10. The second-order valence-electron chi connectivity index (χ2n) is 8.34. The summed E-state index contributed by atoms with van der Waals surface area (Å²) in [6, 6.07) is 5.87. The van der Waals surface area contributed by atoms with Crippen molar-refractivity contribution in [1.29, 1.82) is 0 Å². The van der Waals surface area contributed by atoms with E-state index in [-0.39, 0.29) is 36.2 Å². The number of carbonyl (C=O) groups excluding carboxylic acids is 3. The molecule has 2 unspecified atom stereocenters. The molecular weight excluding hydrogens is 505 g/mol. The molecule has 3 N–H and O–H groups in total. The first-order valence-electron chi connectivity index (χ1n) is 11.1. The van der Waals surface area contributed by atoms with Crippen molar-refractivity contribution in [3.8, 4) is 11.1 Å². The Morgan fingerprint density at radius 2 is 1.97 bits per heavy atom. The summed E-state index contributed by atoms with van der Waals surface area (Å²) in [4.78, 5) is 47.1. The van der Waals surface area contributed by atoms with Gasteiger partial charge in [-0.25, -0.2) is 9.37 Å². The Kier molecular flexibility index (Phi) is 6.44. The second kappa shape index (κ2) is 9.85. The van der Waals surface area contributed by atoms with Crippen LogP contribution in [0.2, 0.25) is 5.15 Å². The summed E-state index contributed by atoms with van der Waals surface area (Å²) in [5.41, 5.74) is 7.50. The Hall–Kier alpha value is -4.52. The third-order valence-electron chi connectivity index (χ3n) is 5.92. The van der Waals surface area contributed by atoms with Gasteiger partial charge >= 0.3 is 0 Å². The molecule has 2 atom stereocenters. The summed E-state index contributed by atoms with van der Waals surface area (Å²) in [7, 11) is 0. The minimum atomic E-state index is -1.39. The summed E-state index contributed by atoms with van der Waals surface area (Å²) in [5, 5.41) is 14.9. The Morgan fingerprint density at radius 1 is 1.14 bits per heavy atom. The van der Waals surface area contributed by atoms with Crippen LogP contribution in [0.25, 0.3) is 22.0 Å². The highest BCUT2D eigenvalue weighted by Gasteiger charge is 2.40. The molecule has 3 aromatic heterocycles. The van der Waals surface area contributed by atoms with Crippen LogP contribution < -0.4 is 11.1 Å². The van der Waals surface area contributed by atoms with Crippen molar-refractivity contribution in [2.45, 2.75) is 25.2 Å². The zero-order chi connectivity index (χ0) is 26.1. The minimum Gasteiger partial charge on any atom is -0.364 e. The number of likely N-dealkylation sites (tertiary alicyclic amines) is 1. The number of anilines is 1. The number of hydrogen-bond donors (Lipinski definition) is 2. The van der Waals surface area contributed by atoms with Crippen LogP contribution in [0.1, 0.15) is 16.9 Å². The first-order valence-corrected chi connectivity index (χ1v) is 11.5. The Balaban J connectivity index is 1.41. The van der Waals surface area contributed by atoms with Crippen LogP contribution in [0.15, 0.2) is 49.1 Å². The summed E-state index contributed by atoms with van der Waals surface area (Å²) in [5.74, 6) is -1.87. The maximum atomic E-state index is 14.3. The van der Waals surface area contributed by atoms with Crippen molar-refractivity contribution in [3.05, 3.63) is 59.9 Å². The molecule has 4 heterocycles. The maximum absolute atomic E-state index is 14.3. The number of carbonyl (C=O) groups is 3. The number of hydrogen-bond acceptors (Lipinski definition) is 8. The number of nitrogens with zero attached hydrogens (tertiary/aromatic N) is 7. The molecule has 4 aromatic rings. The van der Waals surface area contributed by atoms with Crippen LogP contribution in [-0.2, 0) is 16.1 Å². The molecule has 12 nitrogen and oxygen atoms in total. The topological polar surface area (TPSA) is 162 Å². The van der Waals surface area contributed by atoms with Crippen molar-refractivity contribution in [1.82, 2.24) is 34.8 Å². The van der Waals surface area contributed by atoms with Gasteiger partial charge in [-0.1, -0.05) is 17.7 Å². The summed E-state index contributed by atoms with van der Waals surface area (Å²) in [6.45, 7) is -0.605. The number of fused-ring (bicyclic) bond motifs is 1.